The normalized spacial score (nSPS) is 12.8. The fourth-order valence-electron chi connectivity index (χ4n) is 1.72. The van der Waals surface area contributed by atoms with Gasteiger partial charge in [-0.2, -0.15) is 0 Å². The summed E-state index contributed by atoms with van der Waals surface area (Å²) in [5.74, 6) is -0.337. The lowest BCUT2D eigenvalue weighted by Crippen LogP contribution is -2.05. The summed E-state index contributed by atoms with van der Waals surface area (Å²) < 4.78 is 14.9. The van der Waals surface area contributed by atoms with E-state index in [2.05, 4.69) is 4.98 Å². The van der Waals surface area contributed by atoms with E-state index < -0.39 is 6.10 Å². The van der Waals surface area contributed by atoms with E-state index in [1.807, 2.05) is 0 Å². The number of nitrogens with zero attached hydrogens (tertiary/aromatic N) is 2. The molecule has 84 valence electrons. The third-order valence-corrected chi connectivity index (χ3v) is 2.51. The van der Waals surface area contributed by atoms with Crippen LogP contribution in [0.2, 0.25) is 0 Å². The minimum Gasteiger partial charge on any atom is -0.382 e. The summed E-state index contributed by atoms with van der Waals surface area (Å²) in [4.78, 5) is 3.92. The Morgan fingerprint density at radius 3 is 2.69 bits per heavy atom. The molecule has 0 radical (unpaired) electrons. The van der Waals surface area contributed by atoms with Crippen LogP contribution in [0.4, 0.5) is 4.39 Å². The Balaban J connectivity index is 2.41. The Labute approximate surface area is 93.2 Å². The lowest BCUT2D eigenvalue weighted by Gasteiger charge is -2.12. The van der Waals surface area contributed by atoms with E-state index in [9.17, 15) is 9.50 Å². The van der Waals surface area contributed by atoms with Crippen molar-refractivity contribution >= 4 is 0 Å². The van der Waals surface area contributed by atoms with Crippen molar-refractivity contribution in [3.8, 4) is 0 Å². The molecule has 3 nitrogen and oxygen atoms in total. The molecule has 4 heteroatoms. The van der Waals surface area contributed by atoms with Crippen LogP contribution < -0.4 is 0 Å². The molecule has 1 aromatic carbocycles. The first-order chi connectivity index (χ1) is 7.58. The number of imidazole rings is 1. The molecule has 0 aliphatic rings. The molecule has 0 fully saturated rings. The van der Waals surface area contributed by atoms with Crippen molar-refractivity contribution in [3.63, 3.8) is 0 Å². The van der Waals surface area contributed by atoms with Gasteiger partial charge in [0.2, 0.25) is 0 Å². The SMILES string of the molecule is Cc1cc(F)cc(C(O)c2cncn2C)c1. The monoisotopic (exact) mass is 220 g/mol. The average molecular weight is 220 g/mol. The van der Waals surface area contributed by atoms with Crippen LogP contribution in [0.15, 0.2) is 30.7 Å². The smallest absolute Gasteiger partial charge is 0.123 e. The second-order valence-corrected chi connectivity index (χ2v) is 3.89. The van der Waals surface area contributed by atoms with Gasteiger partial charge in [-0.15, -0.1) is 0 Å². The van der Waals surface area contributed by atoms with Crippen LogP contribution >= 0.6 is 0 Å². The van der Waals surface area contributed by atoms with Crippen LogP contribution in [0.3, 0.4) is 0 Å². The molecule has 0 aliphatic heterocycles. The molecule has 1 unspecified atom stereocenters. The van der Waals surface area contributed by atoms with E-state index in [-0.39, 0.29) is 5.82 Å². The summed E-state index contributed by atoms with van der Waals surface area (Å²) in [5.41, 5.74) is 1.97. The molecule has 1 aromatic heterocycles. The molecule has 0 bridgehead atoms. The van der Waals surface area contributed by atoms with Gasteiger partial charge in [0, 0.05) is 7.05 Å². The van der Waals surface area contributed by atoms with Gasteiger partial charge in [0.1, 0.15) is 11.9 Å². The molecule has 2 aromatic rings. The van der Waals surface area contributed by atoms with E-state index >= 15 is 0 Å². The molecule has 0 amide bonds. The van der Waals surface area contributed by atoms with Crippen molar-refractivity contribution < 1.29 is 9.50 Å². The predicted octanol–water partition coefficient (Wildman–Crippen LogP) is 1.95. The lowest BCUT2D eigenvalue weighted by molar-refractivity contribution is 0.211. The summed E-state index contributed by atoms with van der Waals surface area (Å²) in [6.45, 7) is 1.79. The summed E-state index contributed by atoms with van der Waals surface area (Å²) in [7, 11) is 1.79. The quantitative estimate of drug-likeness (QED) is 0.840. The number of aliphatic hydroxyl groups excluding tert-OH is 1. The van der Waals surface area contributed by atoms with E-state index in [1.165, 1.54) is 12.1 Å². The van der Waals surface area contributed by atoms with Gasteiger partial charge >= 0.3 is 0 Å². The topological polar surface area (TPSA) is 38.1 Å². The Hall–Kier alpha value is -1.68. The van der Waals surface area contributed by atoms with Gasteiger partial charge in [0.25, 0.3) is 0 Å². The standard InChI is InChI=1S/C12H13FN2O/c1-8-3-9(5-10(13)4-8)12(16)11-6-14-7-15(11)2/h3-7,12,16H,1-2H3. The first-order valence-corrected chi connectivity index (χ1v) is 4.99. The number of aryl methyl sites for hydroxylation is 2. The van der Waals surface area contributed by atoms with E-state index in [1.54, 1.807) is 37.1 Å². The number of aliphatic hydroxyl groups is 1. The Morgan fingerprint density at radius 2 is 2.12 bits per heavy atom. The fraction of sp³-hybridized carbons (Fsp3) is 0.250. The molecule has 1 atom stereocenters. The van der Waals surface area contributed by atoms with Gasteiger partial charge in [-0.05, 0) is 30.2 Å². The van der Waals surface area contributed by atoms with E-state index in [0.717, 1.165) is 5.56 Å². The van der Waals surface area contributed by atoms with E-state index in [0.29, 0.717) is 11.3 Å². The zero-order chi connectivity index (χ0) is 11.7. The van der Waals surface area contributed by atoms with Gasteiger partial charge < -0.3 is 9.67 Å². The summed E-state index contributed by atoms with van der Waals surface area (Å²) >= 11 is 0. The number of benzene rings is 1. The molecule has 1 N–H and O–H groups in total. The molecule has 1 heterocycles. The zero-order valence-corrected chi connectivity index (χ0v) is 9.18. The van der Waals surface area contributed by atoms with Crippen LogP contribution in [0.5, 0.6) is 0 Å². The minimum absolute atomic E-state index is 0.337. The van der Waals surface area contributed by atoms with Crippen molar-refractivity contribution in [3.05, 3.63) is 53.4 Å². The Bertz CT molecular complexity index is 487. The first-order valence-electron chi connectivity index (χ1n) is 4.99. The van der Waals surface area contributed by atoms with Gasteiger partial charge in [0.05, 0.1) is 18.2 Å². The first kappa shape index (κ1) is 10.8. The van der Waals surface area contributed by atoms with Crippen LogP contribution in [-0.2, 0) is 7.05 Å². The number of hydrogen-bond donors (Lipinski definition) is 1. The highest BCUT2D eigenvalue weighted by atomic mass is 19.1. The van der Waals surface area contributed by atoms with Gasteiger partial charge in [-0.25, -0.2) is 9.37 Å². The molecule has 0 saturated carbocycles. The molecule has 0 aliphatic carbocycles. The summed E-state index contributed by atoms with van der Waals surface area (Å²) in [6.07, 6.45) is 2.33. The number of rotatable bonds is 2. The van der Waals surface area contributed by atoms with Crippen molar-refractivity contribution in [1.82, 2.24) is 9.55 Å². The maximum Gasteiger partial charge on any atom is 0.123 e. The summed E-state index contributed by atoms with van der Waals surface area (Å²) in [5, 5.41) is 10.1. The second kappa shape index (κ2) is 4.06. The highest BCUT2D eigenvalue weighted by Gasteiger charge is 2.14. The highest BCUT2D eigenvalue weighted by Crippen LogP contribution is 2.22. The average Bonchev–Trinajstić information content (AvgIpc) is 2.62. The van der Waals surface area contributed by atoms with Crippen LogP contribution in [0.25, 0.3) is 0 Å². The molecule has 0 spiro atoms. The highest BCUT2D eigenvalue weighted by molar-refractivity contribution is 5.29. The van der Waals surface area contributed by atoms with E-state index in [4.69, 9.17) is 0 Å². The second-order valence-electron chi connectivity index (χ2n) is 3.89. The predicted molar refractivity (Wildman–Crippen MR) is 58.4 cm³/mol. The fourth-order valence-corrected chi connectivity index (χ4v) is 1.72. The minimum atomic E-state index is -0.845. The molecule has 2 rings (SSSR count). The van der Waals surface area contributed by atoms with Crippen molar-refractivity contribution in [2.75, 3.05) is 0 Å². The number of aromatic nitrogens is 2. The molecule has 16 heavy (non-hydrogen) atoms. The zero-order valence-electron chi connectivity index (χ0n) is 9.18. The van der Waals surface area contributed by atoms with Crippen molar-refractivity contribution in [2.45, 2.75) is 13.0 Å². The van der Waals surface area contributed by atoms with Gasteiger partial charge in [0.15, 0.2) is 0 Å². The van der Waals surface area contributed by atoms with Gasteiger partial charge in [-0.1, -0.05) is 6.07 Å². The maximum absolute atomic E-state index is 13.2. The van der Waals surface area contributed by atoms with Crippen LogP contribution in [0.1, 0.15) is 22.9 Å². The van der Waals surface area contributed by atoms with Crippen LogP contribution in [-0.4, -0.2) is 14.7 Å². The van der Waals surface area contributed by atoms with Crippen molar-refractivity contribution in [2.24, 2.45) is 7.05 Å². The molecular weight excluding hydrogens is 207 g/mol. The molecular formula is C12H13FN2O. The number of hydrogen-bond acceptors (Lipinski definition) is 2. The Kier molecular flexibility index (Phi) is 2.75. The maximum atomic E-state index is 13.2. The van der Waals surface area contributed by atoms with Crippen molar-refractivity contribution in [1.29, 1.82) is 0 Å². The summed E-state index contributed by atoms with van der Waals surface area (Å²) in [6, 6.07) is 4.53. The lowest BCUT2D eigenvalue weighted by atomic mass is 10.0. The van der Waals surface area contributed by atoms with Gasteiger partial charge in [-0.3, -0.25) is 0 Å². The Morgan fingerprint density at radius 1 is 1.38 bits per heavy atom. The third-order valence-electron chi connectivity index (χ3n) is 2.51. The van der Waals surface area contributed by atoms with Crippen LogP contribution in [0, 0.1) is 12.7 Å². The molecule has 0 saturated heterocycles. The third kappa shape index (κ3) is 1.97. The largest absolute Gasteiger partial charge is 0.382 e. The number of halogens is 1.